The first-order valence-corrected chi connectivity index (χ1v) is 11.7. The third kappa shape index (κ3) is 5.11. The molecule has 2 aliphatic rings. The molecule has 1 N–H and O–H groups in total. The molecule has 1 fully saturated rings. The van der Waals surface area contributed by atoms with E-state index in [4.69, 9.17) is 0 Å². The van der Waals surface area contributed by atoms with Crippen molar-refractivity contribution in [3.8, 4) is 0 Å². The fourth-order valence-electron chi connectivity index (χ4n) is 4.24. The van der Waals surface area contributed by atoms with Crippen LogP contribution in [0.1, 0.15) is 54.1 Å². The molecule has 1 aliphatic carbocycles. The summed E-state index contributed by atoms with van der Waals surface area (Å²) >= 11 is 1.25. The highest BCUT2D eigenvalue weighted by Gasteiger charge is 2.31. The first kappa shape index (κ1) is 23.4. The number of amides is 2. The number of carbonyl (C=O) groups excluding carboxylic acids is 2. The second-order valence-corrected chi connectivity index (χ2v) is 9.70. The van der Waals surface area contributed by atoms with Crippen molar-refractivity contribution in [3.05, 3.63) is 64.1 Å². The second kappa shape index (κ2) is 9.25. The van der Waals surface area contributed by atoms with E-state index in [0.717, 1.165) is 36.3 Å². The highest BCUT2D eigenvalue weighted by molar-refractivity contribution is 8.04. The third-order valence-corrected chi connectivity index (χ3v) is 7.36. The van der Waals surface area contributed by atoms with Gasteiger partial charge >= 0.3 is 6.18 Å². The van der Waals surface area contributed by atoms with Crippen molar-refractivity contribution in [2.45, 2.75) is 49.7 Å². The van der Waals surface area contributed by atoms with Gasteiger partial charge in [0, 0.05) is 23.5 Å². The molecule has 2 aromatic rings. The van der Waals surface area contributed by atoms with E-state index in [2.05, 4.69) is 12.2 Å². The van der Waals surface area contributed by atoms with E-state index >= 15 is 0 Å². The number of likely N-dealkylation sites (N-methyl/N-ethyl adjacent to an activating group) is 1. The zero-order valence-corrected chi connectivity index (χ0v) is 19.2. The first-order valence-electron chi connectivity index (χ1n) is 10.9. The summed E-state index contributed by atoms with van der Waals surface area (Å²) in [6.07, 6.45) is 1.57. The van der Waals surface area contributed by atoms with E-state index in [-0.39, 0.29) is 17.9 Å². The van der Waals surface area contributed by atoms with Crippen LogP contribution in [0.3, 0.4) is 0 Å². The van der Waals surface area contributed by atoms with E-state index in [1.807, 2.05) is 6.07 Å². The predicted molar refractivity (Wildman–Crippen MR) is 124 cm³/mol. The summed E-state index contributed by atoms with van der Waals surface area (Å²) in [5, 5.41) is 3.13. The molecular weight excluding hydrogens is 449 g/mol. The quantitative estimate of drug-likeness (QED) is 0.545. The lowest BCUT2D eigenvalue weighted by molar-refractivity contribution is -0.137. The Labute approximate surface area is 195 Å². The Morgan fingerprint density at radius 3 is 2.48 bits per heavy atom. The van der Waals surface area contributed by atoms with Crippen molar-refractivity contribution in [2.75, 3.05) is 11.9 Å². The minimum Gasteiger partial charge on any atom is -0.349 e. The molecule has 0 unspecified atom stereocenters. The fourth-order valence-corrected chi connectivity index (χ4v) is 5.33. The number of carbonyl (C=O) groups is 2. The molecular formula is C25H25F3N2O2S. The second-order valence-electron chi connectivity index (χ2n) is 8.62. The number of benzene rings is 2. The van der Waals surface area contributed by atoms with Gasteiger partial charge in [-0.3, -0.25) is 9.59 Å². The summed E-state index contributed by atoms with van der Waals surface area (Å²) < 4.78 is 38.4. The maximum absolute atomic E-state index is 12.9. The molecule has 0 spiro atoms. The fraction of sp³-hybridized carbons (Fsp3) is 0.360. The number of halogens is 3. The Morgan fingerprint density at radius 1 is 1.12 bits per heavy atom. The Bertz CT molecular complexity index is 1100. The molecule has 1 saturated carbocycles. The van der Waals surface area contributed by atoms with Crippen LogP contribution in [0.25, 0.3) is 6.08 Å². The van der Waals surface area contributed by atoms with Crippen molar-refractivity contribution in [2.24, 2.45) is 5.92 Å². The molecule has 2 atom stereocenters. The Hall–Kier alpha value is -2.74. The van der Waals surface area contributed by atoms with Gasteiger partial charge in [-0.25, -0.2) is 0 Å². The molecule has 4 nitrogen and oxygen atoms in total. The monoisotopic (exact) mass is 474 g/mol. The zero-order valence-electron chi connectivity index (χ0n) is 18.4. The van der Waals surface area contributed by atoms with Crippen molar-refractivity contribution in [1.82, 2.24) is 5.32 Å². The Morgan fingerprint density at radius 2 is 1.82 bits per heavy atom. The maximum atomic E-state index is 12.9. The maximum Gasteiger partial charge on any atom is 0.416 e. The SMILES string of the molecule is C[C@H]1CCCC[C@H]1NC(=O)c1ccc2c(c1)N(C)C(=O)/C(=C/c1ccc(C(F)(F)F)cc1)S2. The highest BCUT2D eigenvalue weighted by atomic mass is 32.2. The number of hydrogen-bond acceptors (Lipinski definition) is 3. The van der Waals surface area contributed by atoms with Gasteiger partial charge in [-0.05, 0) is 60.7 Å². The number of nitrogens with one attached hydrogen (secondary N) is 1. The number of fused-ring (bicyclic) bond motifs is 1. The molecule has 2 aromatic carbocycles. The number of thioether (sulfide) groups is 1. The van der Waals surface area contributed by atoms with Crippen molar-refractivity contribution < 1.29 is 22.8 Å². The molecule has 1 heterocycles. The van der Waals surface area contributed by atoms with Crippen LogP contribution < -0.4 is 10.2 Å². The van der Waals surface area contributed by atoms with Crippen molar-refractivity contribution >= 4 is 35.3 Å². The molecule has 8 heteroatoms. The molecule has 4 rings (SSSR count). The molecule has 0 saturated heterocycles. The van der Waals surface area contributed by atoms with Crippen LogP contribution in [0.15, 0.2) is 52.3 Å². The van der Waals surface area contributed by atoms with Crippen LogP contribution in [0.5, 0.6) is 0 Å². The third-order valence-electron chi connectivity index (χ3n) is 6.28. The van der Waals surface area contributed by atoms with Gasteiger partial charge in [0.25, 0.3) is 11.8 Å². The Balaban J connectivity index is 1.53. The van der Waals surface area contributed by atoms with Gasteiger partial charge in [0.15, 0.2) is 0 Å². The summed E-state index contributed by atoms with van der Waals surface area (Å²) in [6.45, 7) is 2.16. The minimum absolute atomic E-state index is 0.145. The van der Waals surface area contributed by atoms with Gasteiger partial charge in [0.2, 0.25) is 0 Å². The molecule has 174 valence electrons. The van der Waals surface area contributed by atoms with E-state index in [1.54, 1.807) is 25.3 Å². The van der Waals surface area contributed by atoms with Gasteiger partial charge in [0.1, 0.15) is 0 Å². The van der Waals surface area contributed by atoms with Crippen molar-refractivity contribution in [3.63, 3.8) is 0 Å². The number of anilines is 1. The average molecular weight is 475 g/mol. The summed E-state index contributed by atoms with van der Waals surface area (Å²) in [5.74, 6) is 0.0254. The molecule has 0 aromatic heterocycles. The van der Waals surface area contributed by atoms with Crippen LogP contribution in [0.2, 0.25) is 0 Å². The van der Waals surface area contributed by atoms with Crippen LogP contribution in [-0.2, 0) is 11.0 Å². The zero-order chi connectivity index (χ0) is 23.8. The predicted octanol–water partition coefficient (Wildman–Crippen LogP) is 6.12. The van der Waals surface area contributed by atoms with E-state index < -0.39 is 11.7 Å². The van der Waals surface area contributed by atoms with Crippen molar-refractivity contribution in [1.29, 1.82) is 0 Å². The van der Waals surface area contributed by atoms with Gasteiger partial charge in [0.05, 0.1) is 16.2 Å². The lowest BCUT2D eigenvalue weighted by Crippen LogP contribution is -2.41. The summed E-state index contributed by atoms with van der Waals surface area (Å²) in [5.41, 5.74) is 0.914. The van der Waals surface area contributed by atoms with E-state index in [9.17, 15) is 22.8 Å². The number of nitrogens with zero attached hydrogens (tertiary/aromatic N) is 1. The average Bonchev–Trinajstić information content (AvgIpc) is 2.78. The minimum atomic E-state index is -4.40. The van der Waals surface area contributed by atoms with E-state index in [0.29, 0.717) is 27.6 Å². The summed E-state index contributed by atoms with van der Waals surface area (Å²) in [7, 11) is 1.63. The number of alkyl halides is 3. The summed E-state index contributed by atoms with van der Waals surface area (Å²) in [6, 6.07) is 10.1. The lowest BCUT2D eigenvalue weighted by atomic mass is 9.86. The van der Waals surface area contributed by atoms with Gasteiger partial charge < -0.3 is 10.2 Å². The van der Waals surface area contributed by atoms with E-state index in [1.165, 1.54) is 35.2 Å². The molecule has 2 amide bonds. The first-order chi connectivity index (χ1) is 15.6. The normalized spacial score (nSPS) is 22.3. The Kier molecular flexibility index (Phi) is 6.56. The van der Waals surface area contributed by atoms with Gasteiger partial charge in [-0.2, -0.15) is 13.2 Å². The van der Waals surface area contributed by atoms with Crippen LogP contribution in [0.4, 0.5) is 18.9 Å². The topological polar surface area (TPSA) is 49.4 Å². The largest absolute Gasteiger partial charge is 0.416 e. The summed E-state index contributed by atoms with van der Waals surface area (Å²) in [4.78, 5) is 28.4. The van der Waals surface area contributed by atoms with Gasteiger partial charge in [-0.15, -0.1) is 0 Å². The highest BCUT2D eigenvalue weighted by Crippen LogP contribution is 2.42. The van der Waals surface area contributed by atoms with Crippen LogP contribution in [0, 0.1) is 5.92 Å². The number of rotatable bonds is 3. The molecule has 1 aliphatic heterocycles. The van der Waals surface area contributed by atoms with Gasteiger partial charge in [-0.1, -0.05) is 43.7 Å². The molecule has 0 bridgehead atoms. The lowest BCUT2D eigenvalue weighted by Gasteiger charge is -2.30. The molecule has 33 heavy (non-hydrogen) atoms. The number of hydrogen-bond donors (Lipinski definition) is 1. The van der Waals surface area contributed by atoms with Crippen LogP contribution in [-0.4, -0.2) is 24.9 Å². The smallest absolute Gasteiger partial charge is 0.349 e. The van der Waals surface area contributed by atoms with Crippen LogP contribution >= 0.6 is 11.8 Å². The molecule has 0 radical (unpaired) electrons. The standard InChI is InChI=1S/C25H25F3N2O2S/c1-15-5-3-4-6-19(15)29-23(31)17-9-12-21-20(14-17)30(2)24(32)22(33-21)13-16-7-10-18(11-8-16)25(26,27)28/h7-15,19H,3-6H2,1-2H3,(H,29,31)/b22-13-/t15-,19+/m0/s1.